The maximum atomic E-state index is 13.1. The summed E-state index contributed by atoms with van der Waals surface area (Å²) in [5.41, 5.74) is 5.79. The molecule has 0 atom stereocenters. The molecule has 4 aromatic rings. The molecular weight excluding hydrogens is 444 g/mol. The van der Waals surface area contributed by atoms with Gasteiger partial charge in [0.1, 0.15) is 5.69 Å². The monoisotopic (exact) mass is 468 g/mol. The van der Waals surface area contributed by atoms with Gasteiger partial charge in [-0.15, -0.1) is 10.2 Å². The molecule has 0 amide bonds. The second kappa shape index (κ2) is 8.72. The summed E-state index contributed by atoms with van der Waals surface area (Å²) in [6.07, 6.45) is 3.20. The zero-order valence-electron chi connectivity index (χ0n) is 19.4. The Hall–Kier alpha value is -4.46. The van der Waals surface area contributed by atoms with Gasteiger partial charge in [-0.25, -0.2) is 9.48 Å². The summed E-state index contributed by atoms with van der Waals surface area (Å²) >= 11 is 0. The van der Waals surface area contributed by atoms with E-state index in [0.717, 1.165) is 30.5 Å². The number of nitrogens with one attached hydrogen (secondary N) is 1. The van der Waals surface area contributed by atoms with Gasteiger partial charge in [-0.2, -0.15) is 0 Å². The number of aromatic nitrogens is 2. The molecule has 0 bridgehead atoms. The molecule has 8 heteroatoms. The molecule has 1 heterocycles. The highest BCUT2D eigenvalue weighted by molar-refractivity contribution is 5.90. The number of phenols is 1. The Labute approximate surface area is 201 Å². The Morgan fingerprint density at radius 3 is 2.60 bits per heavy atom. The van der Waals surface area contributed by atoms with E-state index in [2.05, 4.69) is 21.4 Å². The topological polar surface area (TPSA) is 120 Å². The largest absolute Gasteiger partial charge is 0.505 e. The van der Waals surface area contributed by atoms with Crippen molar-refractivity contribution in [3.63, 3.8) is 0 Å². The van der Waals surface area contributed by atoms with Gasteiger partial charge >= 0.3 is 5.97 Å². The van der Waals surface area contributed by atoms with Crippen molar-refractivity contribution in [1.29, 1.82) is 0 Å². The van der Waals surface area contributed by atoms with Crippen LogP contribution in [0, 0.1) is 13.8 Å². The lowest BCUT2D eigenvalue weighted by molar-refractivity contribution is 0.0697. The van der Waals surface area contributed by atoms with Gasteiger partial charge in [0.05, 0.1) is 16.9 Å². The minimum absolute atomic E-state index is 0.113. The molecule has 1 aliphatic carbocycles. The van der Waals surface area contributed by atoms with Gasteiger partial charge in [-0.3, -0.25) is 9.89 Å². The normalized spacial score (nSPS) is 12.9. The van der Waals surface area contributed by atoms with Crippen molar-refractivity contribution in [3.05, 3.63) is 92.9 Å². The van der Waals surface area contributed by atoms with Crippen LogP contribution in [-0.4, -0.2) is 26.0 Å². The molecule has 0 saturated heterocycles. The lowest BCUT2D eigenvalue weighted by atomic mass is 9.99. The standard InChI is InChI=1S/C27H24N4O4/c1-15-11-22(19-7-4-8-20(13-19)27(34)35)25(32)23(12-15)28-29-24-16(2)30-31(26(24)33)21-10-9-17-5-3-6-18(17)14-21/h4,7-14,30,32H,3,5-6H2,1-2H3,(H,34,35). The van der Waals surface area contributed by atoms with E-state index in [1.807, 2.05) is 19.1 Å². The van der Waals surface area contributed by atoms with E-state index >= 15 is 0 Å². The third kappa shape index (κ3) is 4.14. The molecule has 1 aliphatic rings. The molecule has 1 aromatic heterocycles. The second-order valence-electron chi connectivity index (χ2n) is 8.80. The molecule has 176 valence electrons. The van der Waals surface area contributed by atoms with Crippen molar-refractivity contribution in [1.82, 2.24) is 9.78 Å². The van der Waals surface area contributed by atoms with Crippen LogP contribution >= 0.6 is 0 Å². The van der Waals surface area contributed by atoms with Crippen LogP contribution in [-0.2, 0) is 12.8 Å². The first-order valence-electron chi connectivity index (χ1n) is 11.3. The van der Waals surface area contributed by atoms with E-state index in [-0.39, 0.29) is 28.2 Å². The molecule has 8 nitrogen and oxygen atoms in total. The smallest absolute Gasteiger partial charge is 0.335 e. The van der Waals surface area contributed by atoms with E-state index < -0.39 is 5.97 Å². The highest BCUT2D eigenvalue weighted by atomic mass is 16.4. The van der Waals surface area contributed by atoms with Crippen molar-refractivity contribution in [3.8, 4) is 22.6 Å². The average molecular weight is 469 g/mol. The fourth-order valence-corrected chi connectivity index (χ4v) is 4.51. The number of aromatic carboxylic acids is 1. The third-order valence-corrected chi connectivity index (χ3v) is 6.29. The molecule has 0 fully saturated rings. The van der Waals surface area contributed by atoms with Crippen LogP contribution in [0.25, 0.3) is 16.8 Å². The number of H-pyrrole nitrogens is 1. The number of aromatic amines is 1. The van der Waals surface area contributed by atoms with Crippen LogP contribution in [0.1, 0.15) is 39.2 Å². The number of fused-ring (bicyclic) bond motifs is 1. The van der Waals surface area contributed by atoms with Crippen molar-refractivity contribution < 1.29 is 15.0 Å². The summed E-state index contributed by atoms with van der Waals surface area (Å²) in [5, 5.41) is 31.6. The molecule has 0 spiro atoms. The van der Waals surface area contributed by atoms with Crippen LogP contribution in [0.5, 0.6) is 5.75 Å². The quantitative estimate of drug-likeness (QED) is 0.323. The van der Waals surface area contributed by atoms with Gasteiger partial charge in [0.2, 0.25) is 0 Å². The lowest BCUT2D eigenvalue weighted by Crippen LogP contribution is -2.14. The van der Waals surface area contributed by atoms with Gasteiger partial charge in [0.25, 0.3) is 5.56 Å². The average Bonchev–Trinajstić information content (AvgIpc) is 3.42. The minimum atomic E-state index is -1.05. The molecule has 0 saturated carbocycles. The van der Waals surface area contributed by atoms with Crippen molar-refractivity contribution in [2.45, 2.75) is 33.1 Å². The van der Waals surface area contributed by atoms with Crippen LogP contribution in [0.15, 0.2) is 69.6 Å². The first-order chi connectivity index (χ1) is 16.8. The Balaban J connectivity index is 1.52. The molecule has 3 aromatic carbocycles. The second-order valence-corrected chi connectivity index (χ2v) is 8.80. The van der Waals surface area contributed by atoms with Gasteiger partial charge in [0.15, 0.2) is 11.4 Å². The number of carboxylic acids is 1. The number of phenolic OH excluding ortho intramolecular Hbond substituents is 1. The van der Waals surface area contributed by atoms with Gasteiger partial charge in [-0.1, -0.05) is 18.2 Å². The number of nitrogens with zero attached hydrogens (tertiary/aromatic N) is 3. The van der Waals surface area contributed by atoms with Crippen molar-refractivity contribution >= 4 is 17.3 Å². The fraction of sp³-hybridized carbons (Fsp3) is 0.185. The highest BCUT2D eigenvalue weighted by Crippen LogP contribution is 2.39. The highest BCUT2D eigenvalue weighted by Gasteiger charge is 2.17. The Bertz CT molecular complexity index is 1560. The lowest BCUT2D eigenvalue weighted by Gasteiger charge is -2.09. The molecule has 0 radical (unpaired) electrons. The Morgan fingerprint density at radius 1 is 1.00 bits per heavy atom. The number of rotatable bonds is 5. The maximum absolute atomic E-state index is 13.1. The minimum Gasteiger partial charge on any atom is -0.505 e. The maximum Gasteiger partial charge on any atom is 0.335 e. The summed E-state index contributed by atoms with van der Waals surface area (Å²) in [4.78, 5) is 24.5. The van der Waals surface area contributed by atoms with Crippen LogP contribution in [0.4, 0.5) is 11.4 Å². The number of hydrogen-bond acceptors (Lipinski definition) is 5. The molecule has 3 N–H and O–H groups in total. The Morgan fingerprint density at radius 2 is 1.80 bits per heavy atom. The molecule has 0 aliphatic heterocycles. The number of aromatic hydroxyl groups is 1. The van der Waals surface area contributed by atoms with Crippen LogP contribution in [0.3, 0.4) is 0 Å². The number of aryl methyl sites for hydroxylation is 4. The predicted octanol–water partition coefficient (Wildman–Crippen LogP) is 5.76. The molecule has 0 unspecified atom stereocenters. The zero-order valence-corrected chi connectivity index (χ0v) is 19.4. The van der Waals surface area contributed by atoms with E-state index in [1.165, 1.54) is 27.9 Å². The number of carbonyl (C=O) groups is 1. The van der Waals surface area contributed by atoms with Gasteiger partial charge < -0.3 is 10.2 Å². The predicted molar refractivity (Wildman–Crippen MR) is 133 cm³/mol. The fourth-order valence-electron chi connectivity index (χ4n) is 4.51. The van der Waals surface area contributed by atoms with Crippen LogP contribution in [0.2, 0.25) is 0 Å². The molecule has 35 heavy (non-hydrogen) atoms. The van der Waals surface area contributed by atoms with E-state index in [0.29, 0.717) is 16.8 Å². The van der Waals surface area contributed by atoms with Crippen molar-refractivity contribution in [2.75, 3.05) is 0 Å². The SMILES string of the molecule is Cc1cc(N=Nc2c(C)[nH]n(-c3ccc4c(c3)CCC4)c2=O)c(O)c(-c2cccc(C(=O)O)c2)c1. The van der Waals surface area contributed by atoms with E-state index in [1.54, 1.807) is 31.2 Å². The summed E-state index contributed by atoms with van der Waals surface area (Å²) in [6, 6.07) is 15.7. The summed E-state index contributed by atoms with van der Waals surface area (Å²) in [5.74, 6) is -1.20. The van der Waals surface area contributed by atoms with Crippen molar-refractivity contribution in [2.24, 2.45) is 10.2 Å². The number of carboxylic acid groups (broad SMARTS) is 1. The molecular formula is C27H24N4O4. The van der Waals surface area contributed by atoms with Gasteiger partial charge in [0, 0.05) is 5.56 Å². The third-order valence-electron chi connectivity index (χ3n) is 6.29. The summed E-state index contributed by atoms with van der Waals surface area (Å²) < 4.78 is 1.46. The Kier molecular flexibility index (Phi) is 5.56. The molecule has 5 rings (SSSR count). The first-order valence-corrected chi connectivity index (χ1v) is 11.3. The summed E-state index contributed by atoms with van der Waals surface area (Å²) in [7, 11) is 0. The zero-order chi connectivity index (χ0) is 24.7. The number of azo groups is 1. The number of benzene rings is 3. The van der Waals surface area contributed by atoms with E-state index in [4.69, 9.17) is 0 Å². The van der Waals surface area contributed by atoms with E-state index in [9.17, 15) is 19.8 Å². The van der Waals surface area contributed by atoms with Gasteiger partial charge in [-0.05, 0) is 91.8 Å². The summed E-state index contributed by atoms with van der Waals surface area (Å²) in [6.45, 7) is 3.59. The number of hydrogen-bond donors (Lipinski definition) is 3. The first kappa shape index (κ1) is 22.3. The van der Waals surface area contributed by atoms with Crippen LogP contribution < -0.4 is 5.56 Å².